The van der Waals surface area contributed by atoms with Crippen LogP contribution in [0.15, 0.2) is 12.1 Å². The lowest BCUT2D eigenvalue weighted by Gasteiger charge is -2.19. The van der Waals surface area contributed by atoms with Gasteiger partial charge in [0.05, 0.1) is 0 Å². The second-order valence-corrected chi connectivity index (χ2v) is 6.35. The van der Waals surface area contributed by atoms with Crippen molar-refractivity contribution in [1.29, 1.82) is 0 Å². The van der Waals surface area contributed by atoms with Crippen LogP contribution in [0.5, 0.6) is 5.75 Å². The molecular formula is C15H23NOS. The number of aryl methyl sites for hydroxylation is 2. The SMILES string of the molecule is CSC1CCCC1NCc1cc(C)c(O)c(C)c1. The first kappa shape index (κ1) is 13.8. The van der Waals surface area contributed by atoms with E-state index >= 15 is 0 Å². The molecule has 18 heavy (non-hydrogen) atoms. The summed E-state index contributed by atoms with van der Waals surface area (Å²) in [6, 6.07) is 4.81. The summed E-state index contributed by atoms with van der Waals surface area (Å²) in [5.41, 5.74) is 3.22. The summed E-state index contributed by atoms with van der Waals surface area (Å²) in [7, 11) is 0. The standard InChI is InChI=1S/C15H23NOS/c1-10-7-12(8-11(2)15(10)17)9-16-13-5-4-6-14(13)18-3/h7-8,13-14,16-17H,4-6,9H2,1-3H3. The highest BCUT2D eigenvalue weighted by Crippen LogP contribution is 2.29. The van der Waals surface area contributed by atoms with Crippen LogP contribution in [0.3, 0.4) is 0 Å². The summed E-state index contributed by atoms with van der Waals surface area (Å²) >= 11 is 1.98. The molecule has 0 aliphatic heterocycles. The Morgan fingerprint density at radius 1 is 1.28 bits per heavy atom. The molecular weight excluding hydrogens is 242 g/mol. The monoisotopic (exact) mass is 265 g/mol. The fourth-order valence-electron chi connectivity index (χ4n) is 2.84. The highest BCUT2D eigenvalue weighted by molar-refractivity contribution is 7.99. The minimum atomic E-state index is 0.432. The van der Waals surface area contributed by atoms with E-state index in [2.05, 4.69) is 23.7 Å². The summed E-state index contributed by atoms with van der Waals surface area (Å²) in [5.74, 6) is 0.432. The van der Waals surface area contributed by atoms with Crippen LogP contribution in [0, 0.1) is 13.8 Å². The van der Waals surface area contributed by atoms with E-state index in [4.69, 9.17) is 0 Å². The molecule has 2 unspecified atom stereocenters. The van der Waals surface area contributed by atoms with E-state index in [1.54, 1.807) is 0 Å². The first-order valence-corrected chi connectivity index (χ1v) is 7.96. The van der Waals surface area contributed by atoms with Crippen LogP contribution in [-0.4, -0.2) is 22.7 Å². The van der Waals surface area contributed by atoms with Gasteiger partial charge in [0, 0.05) is 17.8 Å². The molecule has 2 atom stereocenters. The second-order valence-electron chi connectivity index (χ2n) is 5.27. The number of hydrogen-bond acceptors (Lipinski definition) is 3. The number of phenols is 1. The zero-order valence-electron chi connectivity index (χ0n) is 11.5. The lowest BCUT2D eigenvalue weighted by atomic mass is 10.1. The molecule has 1 aromatic carbocycles. The molecule has 0 saturated heterocycles. The molecule has 100 valence electrons. The number of rotatable bonds is 4. The molecule has 1 aliphatic carbocycles. The van der Waals surface area contributed by atoms with Gasteiger partial charge in [-0.2, -0.15) is 11.8 Å². The van der Waals surface area contributed by atoms with Crippen LogP contribution in [-0.2, 0) is 6.54 Å². The van der Waals surface area contributed by atoms with Crippen LogP contribution >= 0.6 is 11.8 Å². The van der Waals surface area contributed by atoms with Gasteiger partial charge in [-0.1, -0.05) is 18.6 Å². The van der Waals surface area contributed by atoms with Gasteiger partial charge in [0.1, 0.15) is 5.75 Å². The van der Waals surface area contributed by atoms with Gasteiger partial charge in [-0.25, -0.2) is 0 Å². The van der Waals surface area contributed by atoms with Crippen LogP contribution < -0.4 is 5.32 Å². The van der Waals surface area contributed by atoms with Gasteiger partial charge >= 0.3 is 0 Å². The van der Waals surface area contributed by atoms with Crippen LogP contribution in [0.4, 0.5) is 0 Å². The van der Waals surface area contributed by atoms with Gasteiger partial charge < -0.3 is 10.4 Å². The largest absolute Gasteiger partial charge is 0.507 e. The fourth-order valence-corrected chi connectivity index (χ4v) is 3.80. The van der Waals surface area contributed by atoms with Crippen molar-refractivity contribution in [3.05, 3.63) is 28.8 Å². The van der Waals surface area contributed by atoms with E-state index in [0.29, 0.717) is 11.8 Å². The Morgan fingerprint density at radius 3 is 2.56 bits per heavy atom. The Labute approximate surface area is 114 Å². The molecule has 0 aromatic heterocycles. The van der Waals surface area contributed by atoms with E-state index in [9.17, 15) is 5.11 Å². The van der Waals surface area contributed by atoms with Crippen LogP contribution in [0.25, 0.3) is 0 Å². The molecule has 1 saturated carbocycles. The molecule has 1 aromatic rings. The van der Waals surface area contributed by atoms with Crippen molar-refractivity contribution in [1.82, 2.24) is 5.32 Å². The van der Waals surface area contributed by atoms with Crippen molar-refractivity contribution >= 4 is 11.8 Å². The molecule has 1 aliphatic rings. The van der Waals surface area contributed by atoms with E-state index < -0.39 is 0 Å². The summed E-state index contributed by atoms with van der Waals surface area (Å²) in [6.07, 6.45) is 6.18. The van der Waals surface area contributed by atoms with Crippen LogP contribution in [0.2, 0.25) is 0 Å². The molecule has 2 nitrogen and oxygen atoms in total. The Balaban J connectivity index is 1.98. The number of aromatic hydroxyl groups is 1. The van der Waals surface area contributed by atoms with E-state index in [0.717, 1.165) is 22.9 Å². The lowest BCUT2D eigenvalue weighted by molar-refractivity contribution is 0.466. The zero-order valence-corrected chi connectivity index (χ0v) is 12.3. The molecule has 2 N–H and O–H groups in total. The normalized spacial score (nSPS) is 23.5. The molecule has 0 spiro atoms. The van der Waals surface area contributed by atoms with Gasteiger partial charge in [-0.3, -0.25) is 0 Å². The van der Waals surface area contributed by atoms with E-state index in [1.165, 1.54) is 24.8 Å². The summed E-state index contributed by atoms with van der Waals surface area (Å²) in [4.78, 5) is 0. The van der Waals surface area contributed by atoms with Crippen molar-refractivity contribution in [2.24, 2.45) is 0 Å². The van der Waals surface area contributed by atoms with E-state index in [-0.39, 0.29) is 0 Å². The lowest BCUT2D eigenvalue weighted by Crippen LogP contribution is -2.33. The number of benzene rings is 1. The summed E-state index contributed by atoms with van der Waals surface area (Å²) in [6.45, 7) is 4.84. The fraction of sp³-hybridized carbons (Fsp3) is 0.600. The van der Waals surface area contributed by atoms with Crippen molar-refractivity contribution in [3.8, 4) is 5.75 Å². The minimum absolute atomic E-state index is 0.432. The summed E-state index contributed by atoms with van der Waals surface area (Å²) in [5, 5.41) is 14.2. The molecule has 2 rings (SSSR count). The quantitative estimate of drug-likeness (QED) is 0.875. The maximum absolute atomic E-state index is 9.77. The molecule has 0 heterocycles. The maximum atomic E-state index is 9.77. The molecule has 0 bridgehead atoms. The molecule has 0 amide bonds. The molecule has 0 radical (unpaired) electrons. The van der Waals surface area contributed by atoms with Gasteiger partial charge in [-0.05, 0) is 49.6 Å². The van der Waals surface area contributed by atoms with Crippen molar-refractivity contribution < 1.29 is 5.11 Å². The first-order chi connectivity index (χ1) is 8.61. The van der Waals surface area contributed by atoms with Crippen molar-refractivity contribution in [2.45, 2.75) is 50.9 Å². The van der Waals surface area contributed by atoms with Gasteiger partial charge in [0.25, 0.3) is 0 Å². The smallest absolute Gasteiger partial charge is 0.121 e. The average Bonchev–Trinajstić information content (AvgIpc) is 2.80. The van der Waals surface area contributed by atoms with Crippen molar-refractivity contribution in [3.63, 3.8) is 0 Å². The van der Waals surface area contributed by atoms with Crippen LogP contribution in [0.1, 0.15) is 36.0 Å². The van der Waals surface area contributed by atoms with Gasteiger partial charge in [-0.15, -0.1) is 0 Å². The predicted molar refractivity (Wildman–Crippen MR) is 79.4 cm³/mol. The number of nitrogens with one attached hydrogen (secondary N) is 1. The minimum Gasteiger partial charge on any atom is -0.507 e. The topological polar surface area (TPSA) is 32.3 Å². The first-order valence-electron chi connectivity index (χ1n) is 6.67. The van der Waals surface area contributed by atoms with Gasteiger partial charge in [0.15, 0.2) is 0 Å². The average molecular weight is 265 g/mol. The number of phenolic OH excluding ortho intramolecular Hbond substituents is 1. The van der Waals surface area contributed by atoms with E-state index in [1.807, 2.05) is 25.6 Å². The molecule has 3 heteroatoms. The Hall–Kier alpha value is -0.670. The third-order valence-electron chi connectivity index (χ3n) is 3.87. The highest BCUT2D eigenvalue weighted by atomic mass is 32.2. The summed E-state index contributed by atoms with van der Waals surface area (Å²) < 4.78 is 0. The third kappa shape index (κ3) is 3.01. The third-order valence-corrected chi connectivity index (χ3v) is 5.04. The Bertz CT molecular complexity index is 396. The second kappa shape index (κ2) is 5.98. The zero-order chi connectivity index (χ0) is 13.1. The number of hydrogen-bond donors (Lipinski definition) is 2. The molecule has 1 fully saturated rings. The van der Waals surface area contributed by atoms with Crippen molar-refractivity contribution in [2.75, 3.05) is 6.26 Å². The highest BCUT2D eigenvalue weighted by Gasteiger charge is 2.25. The van der Waals surface area contributed by atoms with Gasteiger partial charge in [0.2, 0.25) is 0 Å². The Morgan fingerprint density at radius 2 is 1.94 bits per heavy atom. The predicted octanol–water partition coefficient (Wildman–Crippen LogP) is 3.38. The Kier molecular flexibility index (Phi) is 4.57. The number of thioether (sulfide) groups is 1. The maximum Gasteiger partial charge on any atom is 0.121 e.